The minimum atomic E-state index is 0.147. The number of benzene rings is 2. The summed E-state index contributed by atoms with van der Waals surface area (Å²) in [5.41, 5.74) is 6.26. The van der Waals surface area contributed by atoms with E-state index in [1.165, 1.54) is 5.56 Å². The van der Waals surface area contributed by atoms with Crippen molar-refractivity contribution >= 4 is 28.2 Å². The minimum Gasteiger partial charge on any atom is -0.378 e. The van der Waals surface area contributed by atoms with Crippen LogP contribution in [0.5, 0.6) is 0 Å². The van der Waals surface area contributed by atoms with Gasteiger partial charge < -0.3 is 15.0 Å². The SMILES string of the molecule is Cc1ccc(-c2cc(N3CCOCC3)c3cc(NC(=O)C4CCCC4)ccc3n2)cc1. The number of hydrogen-bond donors (Lipinski definition) is 1. The topological polar surface area (TPSA) is 54.5 Å². The Labute approximate surface area is 183 Å². The molecule has 3 aromatic rings. The standard InChI is InChI=1S/C26H29N3O2/c1-18-6-8-19(9-7-18)24-17-25(29-12-14-31-15-13-29)22-16-21(10-11-23(22)28-24)27-26(30)20-4-2-3-5-20/h6-11,16-17,20H,2-5,12-15H2,1H3,(H,27,30). The van der Waals surface area contributed by atoms with Crippen LogP contribution in [0.2, 0.25) is 0 Å². The second-order valence-electron chi connectivity index (χ2n) is 8.69. The van der Waals surface area contributed by atoms with Crippen LogP contribution in [0.25, 0.3) is 22.2 Å². The van der Waals surface area contributed by atoms with Crippen LogP contribution in [0.15, 0.2) is 48.5 Å². The zero-order valence-electron chi connectivity index (χ0n) is 18.1. The van der Waals surface area contributed by atoms with Gasteiger partial charge in [-0.1, -0.05) is 42.7 Å². The molecule has 0 atom stereocenters. The number of amides is 1. The number of carbonyl (C=O) groups is 1. The van der Waals surface area contributed by atoms with Crippen molar-refractivity contribution < 1.29 is 9.53 Å². The van der Waals surface area contributed by atoms with Gasteiger partial charge >= 0.3 is 0 Å². The fourth-order valence-corrected chi connectivity index (χ4v) is 4.66. The Hall–Kier alpha value is -2.92. The molecule has 1 saturated heterocycles. The highest BCUT2D eigenvalue weighted by atomic mass is 16.5. The molecular formula is C26H29N3O2. The molecule has 0 unspecified atom stereocenters. The molecule has 0 spiro atoms. The molecule has 1 N–H and O–H groups in total. The van der Waals surface area contributed by atoms with Crippen LogP contribution < -0.4 is 10.2 Å². The van der Waals surface area contributed by atoms with E-state index in [4.69, 9.17) is 9.72 Å². The fourth-order valence-electron chi connectivity index (χ4n) is 4.66. The Morgan fingerprint density at radius 1 is 1.03 bits per heavy atom. The second kappa shape index (κ2) is 8.67. The molecule has 5 heteroatoms. The van der Waals surface area contributed by atoms with Crippen molar-refractivity contribution in [3.05, 3.63) is 54.1 Å². The van der Waals surface area contributed by atoms with Crippen LogP contribution in [-0.4, -0.2) is 37.2 Å². The zero-order chi connectivity index (χ0) is 21.2. The number of anilines is 2. The van der Waals surface area contributed by atoms with Gasteiger partial charge in [0.2, 0.25) is 5.91 Å². The highest BCUT2D eigenvalue weighted by Crippen LogP contribution is 2.34. The van der Waals surface area contributed by atoms with E-state index in [9.17, 15) is 4.79 Å². The number of rotatable bonds is 4. The van der Waals surface area contributed by atoms with Gasteiger partial charge in [-0.15, -0.1) is 0 Å². The minimum absolute atomic E-state index is 0.147. The number of fused-ring (bicyclic) bond motifs is 1. The maximum atomic E-state index is 12.7. The van der Waals surface area contributed by atoms with Gasteiger partial charge in [0.05, 0.1) is 24.4 Å². The molecule has 1 aromatic heterocycles. The Morgan fingerprint density at radius 3 is 2.52 bits per heavy atom. The number of aryl methyl sites for hydroxylation is 1. The Morgan fingerprint density at radius 2 is 1.77 bits per heavy atom. The van der Waals surface area contributed by atoms with Crippen LogP contribution in [0, 0.1) is 12.8 Å². The lowest BCUT2D eigenvalue weighted by atomic mass is 10.0. The molecule has 1 saturated carbocycles. The van der Waals surface area contributed by atoms with E-state index >= 15 is 0 Å². The van der Waals surface area contributed by atoms with Crippen molar-refractivity contribution in [1.82, 2.24) is 4.98 Å². The lowest BCUT2D eigenvalue weighted by Gasteiger charge is -2.30. The van der Waals surface area contributed by atoms with Crippen molar-refractivity contribution in [2.24, 2.45) is 5.92 Å². The van der Waals surface area contributed by atoms with Crippen molar-refractivity contribution in [1.29, 1.82) is 0 Å². The van der Waals surface area contributed by atoms with Gasteiger partial charge in [0, 0.05) is 41.3 Å². The maximum absolute atomic E-state index is 12.7. The van der Waals surface area contributed by atoms with Gasteiger partial charge in [-0.25, -0.2) is 4.98 Å². The van der Waals surface area contributed by atoms with Crippen molar-refractivity contribution in [2.45, 2.75) is 32.6 Å². The summed E-state index contributed by atoms with van der Waals surface area (Å²) < 4.78 is 5.58. The van der Waals surface area contributed by atoms with Crippen molar-refractivity contribution in [3.8, 4) is 11.3 Å². The van der Waals surface area contributed by atoms with Gasteiger partial charge in [0.1, 0.15) is 0 Å². The van der Waals surface area contributed by atoms with Crippen LogP contribution >= 0.6 is 0 Å². The zero-order valence-corrected chi connectivity index (χ0v) is 18.1. The molecule has 160 valence electrons. The molecule has 2 aliphatic rings. The smallest absolute Gasteiger partial charge is 0.227 e. The van der Waals surface area contributed by atoms with Crippen LogP contribution in [0.1, 0.15) is 31.2 Å². The summed E-state index contributed by atoms with van der Waals surface area (Å²) in [6.07, 6.45) is 4.31. The number of aromatic nitrogens is 1. The lowest BCUT2D eigenvalue weighted by molar-refractivity contribution is -0.119. The normalized spacial score (nSPS) is 17.3. The van der Waals surface area contributed by atoms with Gasteiger partial charge in [-0.3, -0.25) is 4.79 Å². The molecule has 1 aliphatic heterocycles. The first-order valence-corrected chi connectivity index (χ1v) is 11.3. The summed E-state index contributed by atoms with van der Waals surface area (Å²) >= 11 is 0. The first-order chi connectivity index (χ1) is 15.2. The van der Waals surface area contributed by atoms with E-state index in [-0.39, 0.29) is 11.8 Å². The summed E-state index contributed by atoms with van der Waals surface area (Å²) in [5.74, 6) is 0.297. The van der Waals surface area contributed by atoms with Gasteiger partial charge in [-0.05, 0) is 44.0 Å². The predicted molar refractivity (Wildman–Crippen MR) is 126 cm³/mol. The average molecular weight is 416 g/mol. The van der Waals surface area contributed by atoms with Crippen LogP contribution in [0.4, 0.5) is 11.4 Å². The summed E-state index contributed by atoms with van der Waals surface area (Å²) in [4.78, 5) is 20.0. The van der Waals surface area contributed by atoms with Gasteiger partial charge in [0.25, 0.3) is 0 Å². The Kier molecular flexibility index (Phi) is 5.60. The van der Waals surface area contributed by atoms with Crippen molar-refractivity contribution in [3.63, 3.8) is 0 Å². The Bertz CT molecular complexity index is 1080. The largest absolute Gasteiger partial charge is 0.378 e. The first kappa shape index (κ1) is 20.0. The van der Waals surface area contributed by atoms with E-state index in [0.29, 0.717) is 0 Å². The Balaban J connectivity index is 1.54. The number of nitrogens with zero attached hydrogens (tertiary/aromatic N) is 2. The number of nitrogens with one attached hydrogen (secondary N) is 1. The lowest BCUT2D eigenvalue weighted by Crippen LogP contribution is -2.36. The monoisotopic (exact) mass is 415 g/mol. The molecule has 2 aromatic carbocycles. The maximum Gasteiger partial charge on any atom is 0.227 e. The first-order valence-electron chi connectivity index (χ1n) is 11.3. The molecule has 0 radical (unpaired) electrons. The molecule has 1 aliphatic carbocycles. The second-order valence-corrected chi connectivity index (χ2v) is 8.69. The number of ether oxygens (including phenoxy) is 1. The third-order valence-electron chi connectivity index (χ3n) is 6.48. The summed E-state index contributed by atoms with van der Waals surface area (Å²) in [7, 11) is 0. The molecule has 0 bridgehead atoms. The summed E-state index contributed by atoms with van der Waals surface area (Å²) in [5, 5.41) is 4.22. The molecule has 31 heavy (non-hydrogen) atoms. The van der Waals surface area contributed by atoms with E-state index in [0.717, 1.165) is 85.5 Å². The van der Waals surface area contributed by atoms with E-state index in [1.807, 2.05) is 12.1 Å². The number of carbonyl (C=O) groups excluding carboxylic acids is 1. The van der Waals surface area contributed by atoms with Crippen LogP contribution in [-0.2, 0) is 9.53 Å². The van der Waals surface area contributed by atoms with E-state index in [2.05, 4.69) is 53.5 Å². The van der Waals surface area contributed by atoms with Gasteiger partial charge in [-0.2, -0.15) is 0 Å². The number of hydrogen-bond acceptors (Lipinski definition) is 4. The highest BCUT2D eigenvalue weighted by Gasteiger charge is 2.23. The van der Waals surface area contributed by atoms with Crippen LogP contribution in [0.3, 0.4) is 0 Å². The summed E-state index contributed by atoms with van der Waals surface area (Å²) in [6.45, 7) is 5.25. The third-order valence-corrected chi connectivity index (χ3v) is 6.48. The molecule has 1 amide bonds. The number of pyridine rings is 1. The van der Waals surface area contributed by atoms with E-state index in [1.54, 1.807) is 0 Å². The third kappa shape index (κ3) is 4.28. The predicted octanol–water partition coefficient (Wildman–Crippen LogP) is 5.18. The molecule has 5 rings (SSSR count). The average Bonchev–Trinajstić information content (AvgIpc) is 3.35. The van der Waals surface area contributed by atoms with E-state index < -0.39 is 0 Å². The van der Waals surface area contributed by atoms with Gasteiger partial charge in [0.15, 0.2) is 0 Å². The quantitative estimate of drug-likeness (QED) is 0.638. The number of morpholine rings is 1. The molecule has 2 fully saturated rings. The highest BCUT2D eigenvalue weighted by molar-refractivity contribution is 5.99. The summed E-state index contributed by atoms with van der Waals surface area (Å²) in [6, 6.07) is 16.8. The molecular weight excluding hydrogens is 386 g/mol. The molecule has 5 nitrogen and oxygen atoms in total. The fraction of sp³-hybridized carbons (Fsp3) is 0.385. The molecule has 2 heterocycles. The van der Waals surface area contributed by atoms with Crippen molar-refractivity contribution in [2.75, 3.05) is 36.5 Å².